The minimum atomic E-state index is 0.129. The molecule has 6 heteroatoms. The van der Waals surface area contributed by atoms with Crippen LogP contribution in [-0.2, 0) is 0 Å². The molecule has 0 aromatic carbocycles. The summed E-state index contributed by atoms with van der Waals surface area (Å²) in [6, 6.07) is 1.50. The van der Waals surface area contributed by atoms with Crippen LogP contribution in [0, 0.1) is 0 Å². The lowest BCUT2D eigenvalue weighted by Gasteiger charge is -2.36. The van der Waals surface area contributed by atoms with Gasteiger partial charge in [-0.2, -0.15) is 0 Å². The fourth-order valence-electron chi connectivity index (χ4n) is 3.14. The summed E-state index contributed by atoms with van der Waals surface area (Å²) in [7, 11) is 0. The number of nitrogens with zero attached hydrogens (tertiary/aromatic N) is 4. The van der Waals surface area contributed by atoms with Crippen molar-refractivity contribution in [2.75, 3.05) is 37.6 Å². The number of aromatic nitrogens is 2. The van der Waals surface area contributed by atoms with Crippen LogP contribution in [0.1, 0.15) is 45.0 Å². The molecule has 0 saturated carbocycles. The molecule has 20 heavy (non-hydrogen) atoms. The first kappa shape index (κ1) is 13.8. The van der Waals surface area contributed by atoms with Crippen LogP contribution >= 0.6 is 0 Å². The first-order chi connectivity index (χ1) is 9.78. The van der Waals surface area contributed by atoms with Crippen LogP contribution in [0.15, 0.2) is 4.42 Å². The van der Waals surface area contributed by atoms with E-state index in [1.165, 1.54) is 19.4 Å². The Morgan fingerprint density at radius 3 is 3.10 bits per heavy atom. The first-order valence-electron chi connectivity index (χ1n) is 7.83. The highest BCUT2D eigenvalue weighted by Gasteiger charge is 2.32. The van der Waals surface area contributed by atoms with E-state index in [2.05, 4.69) is 39.2 Å². The second-order valence-corrected chi connectivity index (χ2v) is 5.88. The molecule has 2 atom stereocenters. The molecule has 3 heterocycles. The Balaban J connectivity index is 1.61. The molecule has 0 spiro atoms. The molecule has 3 rings (SSSR count). The SMILES string of the molecule is CCCNC(C)c1nnc(N2CCN3CCCC3C2)o1. The molecule has 0 aliphatic carbocycles. The number of nitrogens with one attached hydrogen (secondary N) is 1. The average molecular weight is 279 g/mol. The van der Waals surface area contributed by atoms with Crippen molar-refractivity contribution in [2.24, 2.45) is 0 Å². The zero-order valence-electron chi connectivity index (χ0n) is 12.5. The molecule has 112 valence electrons. The lowest BCUT2D eigenvalue weighted by molar-refractivity contribution is 0.225. The third kappa shape index (κ3) is 2.81. The smallest absolute Gasteiger partial charge is 0.318 e. The van der Waals surface area contributed by atoms with Gasteiger partial charge in [0.2, 0.25) is 5.89 Å². The Morgan fingerprint density at radius 1 is 1.35 bits per heavy atom. The van der Waals surface area contributed by atoms with Crippen LogP contribution in [0.2, 0.25) is 0 Å². The minimum Gasteiger partial charge on any atom is -0.406 e. The molecule has 0 bridgehead atoms. The molecule has 0 amide bonds. The van der Waals surface area contributed by atoms with Gasteiger partial charge < -0.3 is 14.6 Å². The molecule has 1 aromatic heterocycles. The van der Waals surface area contributed by atoms with Gasteiger partial charge in [0.1, 0.15) is 0 Å². The molecule has 1 aromatic rings. The van der Waals surface area contributed by atoms with Crippen LogP contribution in [0.25, 0.3) is 0 Å². The zero-order chi connectivity index (χ0) is 13.9. The summed E-state index contributed by atoms with van der Waals surface area (Å²) in [5.41, 5.74) is 0. The molecule has 2 saturated heterocycles. The van der Waals surface area contributed by atoms with Gasteiger partial charge in [-0.05, 0) is 39.3 Å². The summed E-state index contributed by atoms with van der Waals surface area (Å²) in [6.07, 6.45) is 3.73. The second kappa shape index (κ2) is 6.10. The first-order valence-corrected chi connectivity index (χ1v) is 7.83. The van der Waals surface area contributed by atoms with E-state index in [1.54, 1.807) is 0 Å². The summed E-state index contributed by atoms with van der Waals surface area (Å²) in [5, 5.41) is 11.8. The van der Waals surface area contributed by atoms with E-state index in [0.29, 0.717) is 17.9 Å². The maximum Gasteiger partial charge on any atom is 0.318 e. The quantitative estimate of drug-likeness (QED) is 0.879. The topological polar surface area (TPSA) is 57.4 Å². The number of fused-ring (bicyclic) bond motifs is 1. The van der Waals surface area contributed by atoms with Gasteiger partial charge in [0.15, 0.2) is 0 Å². The van der Waals surface area contributed by atoms with Crippen LogP contribution in [0.4, 0.5) is 6.01 Å². The maximum atomic E-state index is 5.85. The predicted molar refractivity (Wildman–Crippen MR) is 77.8 cm³/mol. The number of hydrogen-bond acceptors (Lipinski definition) is 6. The average Bonchev–Trinajstić information content (AvgIpc) is 3.12. The van der Waals surface area contributed by atoms with Crippen molar-refractivity contribution in [2.45, 2.75) is 45.2 Å². The maximum absolute atomic E-state index is 5.85. The van der Waals surface area contributed by atoms with Crippen molar-refractivity contribution in [3.63, 3.8) is 0 Å². The van der Waals surface area contributed by atoms with Crippen LogP contribution < -0.4 is 10.2 Å². The van der Waals surface area contributed by atoms with Crippen molar-refractivity contribution in [3.05, 3.63) is 5.89 Å². The predicted octanol–water partition coefficient (Wildman–Crippen LogP) is 1.41. The molecular weight excluding hydrogens is 254 g/mol. The van der Waals surface area contributed by atoms with Gasteiger partial charge in [-0.3, -0.25) is 4.90 Å². The molecule has 6 nitrogen and oxygen atoms in total. The van der Waals surface area contributed by atoms with Crippen molar-refractivity contribution in [1.29, 1.82) is 0 Å². The van der Waals surface area contributed by atoms with Gasteiger partial charge in [-0.1, -0.05) is 12.0 Å². The normalized spacial score (nSPS) is 24.9. The molecule has 2 unspecified atom stereocenters. The van der Waals surface area contributed by atoms with Gasteiger partial charge in [0.05, 0.1) is 6.04 Å². The number of rotatable bonds is 5. The number of hydrogen-bond donors (Lipinski definition) is 1. The summed E-state index contributed by atoms with van der Waals surface area (Å²) < 4.78 is 5.85. The van der Waals surface area contributed by atoms with E-state index >= 15 is 0 Å². The Hall–Kier alpha value is -1.14. The standard InChI is InChI=1S/C14H25N5O/c1-3-6-15-11(2)13-16-17-14(20-13)19-9-8-18-7-4-5-12(18)10-19/h11-12,15H,3-10H2,1-2H3. The Kier molecular flexibility index (Phi) is 4.21. The highest BCUT2D eigenvalue weighted by molar-refractivity contribution is 5.26. The van der Waals surface area contributed by atoms with Crippen LogP contribution in [0.5, 0.6) is 0 Å². The van der Waals surface area contributed by atoms with Gasteiger partial charge in [-0.25, -0.2) is 0 Å². The third-order valence-electron chi connectivity index (χ3n) is 4.36. The Morgan fingerprint density at radius 2 is 2.25 bits per heavy atom. The summed E-state index contributed by atoms with van der Waals surface area (Å²) >= 11 is 0. The van der Waals surface area contributed by atoms with E-state index in [4.69, 9.17) is 4.42 Å². The largest absolute Gasteiger partial charge is 0.406 e. The van der Waals surface area contributed by atoms with E-state index in [-0.39, 0.29) is 6.04 Å². The highest BCUT2D eigenvalue weighted by Crippen LogP contribution is 2.25. The molecule has 0 radical (unpaired) electrons. The lowest BCUT2D eigenvalue weighted by atomic mass is 10.2. The van der Waals surface area contributed by atoms with Crippen molar-refractivity contribution in [3.8, 4) is 0 Å². The third-order valence-corrected chi connectivity index (χ3v) is 4.36. The second-order valence-electron chi connectivity index (χ2n) is 5.88. The van der Waals surface area contributed by atoms with E-state index in [9.17, 15) is 0 Å². The van der Waals surface area contributed by atoms with E-state index < -0.39 is 0 Å². The highest BCUT2D eigenvalue weighted by atomic mass is 16.4. The monoisotopic (exact) mass is 279 g/mol. The van der Waals surface area contributed by atoms with E-state index in [1.807, 2.05) is 0 Å². The molecule has 2 aliphatic rings. The van der Waals surface area contributed by atoms with Gasteiger partial charge in [-0.15, -0.1) is 5.10 Å². The van der Waals surface area contributed by atoms with Crippen LogP contribution in [-0.4, -0.2) is 53.9 Å². The number of piperazine rings is 1. The fraction of sp³-hybridized carbons (Fsp3) is 0.857. The Labute approximate surface area is 120 Å². The molecule has 1 N–H and O–H groups in total. The van der Waals surface area contributed by atoms with Crippen LogP contribution in [0.3, 0.4) is 0 Å². The molecular formula is C14H25N5O. The number of anilines is 1. The summed E-state index contributed by atoms with van der Waals surface area (Å²) in [4.78, 5) is 4.83. The van der Waals surface area contributed by atoms with Crippen molar-refractivity contribution < 1.29 is 4.42 Å². The van der Waals surface area contributed by atoms with E-state index in [0.717, 1.165) is 32.6 Å². The molecule has 2 aliphatic heterocycles. The Bertz CT molecular complexity index is 435. The van der Waals surface area contributed by atoms with Gasteiger partial charge in [0, 0.05) is 25.7 Å². The fourth-order valence-corrected chi connectivity index (χ4v) is 3.14. The molecule has 2 fully saturated rings. The minimum absolute atomic E-state index is 0.129. The lowest BCUT2D eigenvalue weighted by Crippen LogP contribution is -2.50. The van der Waals surface area contributed by atoms with Gasteiger partial charge in [0.25, 0.3) is 0 Å². The van der Waals surface area contributed by atoms with Crippen molar-refractivity contribution in [1.82, 2.24) is 20.4 Å². The van der Waals surface area contributed by atoms with Crippen molar-refractivity contribution >= 4 is 6.01 Å². The summed E-state index contributed by atoms with van der Waals surface area (Å²) in [5.74, 6) is 0.697. The summed E-state index contributed by atoms with van der Waals surface area (Å²) in [6.45, 7) is 9.59. The zero-order valence-corrected chi connectivity index (χ0v) is 12.5. The van der Waals surface area contributed by atoms with Gasteiger partial charge >= 0.3 is 6.01 Å².